The standard InChI is InChI=1S/C16H12ClFN2O2/c1-22-15-8-13-9(6-14(15)21)2-5-16(20-13)19-12-4-3-10(17)7-11(12)18/h2-8,21H,1H3,(H,19,20). The molecule has 0 unspecified atom stereocenters. The van der Waals surface area contributed by atoms with Gasteiger partial charge in [0.25, 0.3) is 0 Å². The Morgan fingerprint density at radius 2 is 2.00 bits per heavy atom. The largest absolute Gasteiger partial charge is 0.504 e. The van der Waals surface area contributed by atoms with Crippen molar-refractivity contribution in [1.29, 1.82) is 0 Å². The minimum Gasteiger partial charge on any atom is -0.504 e. The number of aromatic nitrogens is 1. The summed E-state index contributed by atoms with van der Waals surface area (Å²) in [6.45, 7) is 0. The van der Waals surface area contributed by atoms with Crippen molar-refractivity contribution in [3.8, 4) is 11.5 Å². The SMILES string of the molecule is COc1cc2nc(Nc3ccc(Cl)cc3F)ccc2cc1O. The third-order valence-electron chi connectivity index (χ3n) is 3.18. The number of hydrogen-bond donors (Lipinski definition) is 2. The maximum absolute atomic E-state index is 13.8. The molecule has 0 aliphatic carbocycles. The Balaban J connectivity index is 1.99. The molecule has 22 heavy (non-hydrogen) atoms. The summed E-state index contributed by atoms with van der Waals surface area (Å²) in [5.41, 5.74) is 0.899. The van der Waals surface area contributed by atoms with Gasteiger partial charge in [0.05, 0.1) is 18.3 Å². The molecular formula is C16H12ClFN2O2. The van der Waals surface area contributed by atoms with Crippen LogP contribution in [0.15, 0.2) is 42.5 Å². The number of nitrogens with one attached hydrogen (secondary N) is 1. The van der Waals surface area contributed by atoms with E-state index in [4.69, 9.17) is 16.3 Å². The topological polar surface area (TPSA) is 54.4 Å². The highest BCUT2D eigenvalue weighted by Gasteiger charge is 2.08. The highest BCUT2D eigenvalue weighted by atomic mass is 35.5. The van der Waals surface area contributed by atoms with Crippen molar-refractivity contribution < 1.29 is 14.2 Å². The number of phenols is 1. The van der Waals surface area contributed by atoms with Crippen LogP contribution in [0.3, 0.4) is 0 Å². The molecule has 0 aliphatic rings. The molecular weight excluding hydrogens is 307 g/mol. The second-order valence-electron chi connectivity index (χ2n) is 4.66. The van der Waals surface area contributed by atoms with Crippen LogP contribution in [0.25, 0.3) is 10.9 Å². The number of hydrogen-bond acceptors (Lipinski definition) is 4. The molecule has 1 aromatic heterocycles. The summed E-state index contributed by atoms with van der Waals surface area (Å²) >= 11 is 5.73. The predicted molar refractivity (Wildman–Crippen MR) is 84.7 cm³/mol. The van der Waals surface area contributed by atoms with Crippen LogP contribution in [0.1, 0.15) is 0 Å². The lowest BCUT2D eigenvalue weighted by molar-refractivity contribution is 0.374. The predicted octanol–water partition coefficient (Wildman–Crippen LogP) is 4.49. The van der Waals surface area contributed by atoms with E-state index < -0.39 is 5.82 Å². The molecule has 2 aromatic carbocycles. The summed E-state index contributed by atoms with van der Waals surface area (Å²) in [5, 5.41) is 13.7. The van der Waals surface area contributed by atoms with E-state index >= 15 is 0 Å². The summed E-state index contributed by atoms with van der Waals surface area (Å²) < 4.78 is 18.9. The van der Waals surface area contributed by atoms with Gasteiger partial charge in [0.15, 0.2) is 11.5 Å². The summed E-state index contributed by atoms with van der Waals surface area (Å²) in [7, 11) is 1.46. The van der Waals surface area contributed by atoms with E-state index in [-0.39, 0.29) is 11.4 Å². The van der Waals surface area contributed by atoms with Crippen LogP contribution in [0.2, 0.25) is 5.02 Å². The minimum atomic E-state index is -0.460. The zero-order valence-electron chi connectivity index (χ0n) is 11.6. The number of pyridine rings is 1. The lowest BCUT2D eigenvalue weighted by Crippen LogP contribution is -1.96. The van der Waals surface area contributed by atoms with E-state index in [1.165, 1.54) is 13.2 Å². The highest BCUT2D eigenvalue weighted by Crippen LogP contribution is 2.31. The van der Waals surface area contributed by atoms with E-state index in [2.05, 4.69) is 10.3 Å². The Bertz CT molecular complexity index is 855. The first-order chi connectivity index (χ1) is 10.6. The van der Waals surface area contributed by atoms with Crippen LogP contribution in [-0.4, -0.2) is 17.2 Å². The molecule has 0 amide bonds. The Hall–Kier alpha value is -2.53. The van der Waals surface area contributed by atoms with Gasteiger partial charge >= 0.3 is 0 Å². The number of halogens is 2. The molecule has 2 N–H and O–H groups in total. The molecule has 6 heteroatoms. The van der Waals surface area contributed by atoms with Crippen LogP contribution in [0.5, 0.6) is 11.5 Å². The monoisotopic (exact) mass is 318 g/mol. The van der Waals surface area contributed by atoms with Gasteiger partial charge < -0.3 is 15.2 Å². The van der Waals surface area contributed by atoms with Crippen molar-refractivity contribution in [2.24, 2.45) is 0 Å². The first-order valence-electron chi connectivity index (χ1n) is 6.46. The average Bonchev–Trinajstić information content (AvgIpc) is 2.49. The number of phenolic OH excluding ortho intramolecular Hbond substituents is 1. The van der Waals surface area contributed by atoms with Gasteiger partial charge in [0.2, 0.25) is 0 Å². The van der Waals surface area contributed by atoms with Crippen molar-refractivity contribution in [1.82, 2.24) is 4.98 Å². The lowest BCUT2D eigenvalue weighted by Gasteiger charge is -2.09. The molecule has 0 aliphatic heterocycles. The number of fused-ring (bicyclic) bond motifs is 1. The number of anilines is 2. The maximum atomic E-state index is 13.8. The number of rotatable bonds is 3. The van der Waals surface area contributed by atoms with Crippen LogP contribution >= 0.6 is 11.6 Å². The minimum absolute atomic E-state index is 0.0428. The van der Waals surface area contributed by atoms with E-state index in [0.29, 0.717) is 22.1 Å². The zero-order valence-corrected chi connectivity index (χ0v) is 12.4. The normalized spacial score (nSPS) is 10.7. The first kappa shape index (κ1) is 14.4. The second-order valence-corrected chi connectivity index (χ2v) is 5.10. The fourth-order valence-corrected chi connectivity index (χ4v) is 2.26. The van der Waals surface area contributed by atoms with Crippen molar-refractivity contribution in [2.75, 3.05) is 12.4 Å². The van der Waals surface area contributed by atoms with Gasteiger partial charge in [-0.15, -0.1) is 0 Å². The van der Waals surface area contributed by atoms with E-state index in [9.17, 15) is 9.50 Å². The van der Waals surface area contributed by atoms with Crippen molar-refractivity contribution in [2.45, 2.75) is 0 Å². The molecule has 0 saturated heterocycles. The molecule has 112 valence electrons. The third kappa shape index (κ3) is 2.76. The smallest absolute Gasteiger partial charge is 0.162 e. The molecule has 0 radical (unpaired) electrons. The van der Waals surface area contributed by atoms with Crippen LogP contribution in [-0.2, 0) is 0 Å². The molecule has 0 spiro atoms. The summed E-state index contributed by atoms with van der Waals surface area (Å²) in [5.74, 6) is 0.384. The molecule has 3 aromatic rings. The fraction of sp³-hybridized carbons (Fsp3) is 0.0625. The Morgan fingerprint density at radius 3 is 2.73 bits per heavy atom. The van der Waals surface area contributed by atoms with Gasteiger partial charge in [0.1, 0.15) is 11.6 Å². The Morgan fingerprint density at radius 1 is 1.18 bits per heavy atom. The van der Waals surface area contributed by atoms with Gasteiger partial charge in [0, 0.05) is 16.5 Å². The summed E-state index contributed by atoms with van der Waals surface area (Å²) in [4.78, 5) is 4.38. The van der Waals surface area contributed by atoms with Crippen LogP contribution in [0.4, 0.5) is 15.9 Å². The number of nitrogens with zero attached hydrogens (tertiary/aromatic N) is 1. The van der Waals surface area contributed by atoms with Crippen LogP contribution in [0, 0.1) is 5.82 Å². The van der Waals surface area contributed by atoms with Crippen LogP contribution < -0.4 is 10.1 Å². The zero-order chi connectivity index (χ0) is 15.7. The summed E-state index contributed by atoms with van der Waals surface area (Å²) in [6.07, 6.45) is 0. The van der Waals surface area contributed by atoms with E-state index in [1.807, 2.05) is 0 Å². The van der Waals surface area contributed by atoms with Gasteiger partial charge in [-0.1, -0.05) is 11.6 Å². The van der Waals surface area contributed by atoms with Gasteiger partial charge in [-0.2, -0.15) is 0 Å². The van der Waals surface area contributed by atoms with E-state index in [0.717, 1.165) is 5.39 Å². The first-order valence-corrected chi connectivity index (χ1v) is 6.84. The van der Waals surface area contributed by atoms with Crippen molar-refractivity contribution >= 4 is 34.0 Å². The van der Waals surface area contributed by atoms with Crippen molar-refractivity contribution in [3.05, 3.63) is 53.3 Å². The quantitative estimate of drug-likeness (QED) is 0.747. The lowest BCUT2D eigenvalue weighted by atomic mass is 10.2. The van der Waals surface area contributed by atoms with E-state index in [1.54, 1.807) is 36.4 Å². The summed E-state index contributed by atoms with van der Waals surface area (Å²) in [6, 6.07) is 11.0. The molecule has 4 nitrogen and oxygen atoms in total. The van der Waals surface area contributed by atoms with Gasteiger partial charge in [-0.05, 0) is 36.4 Å². The molecule has 3 rings (SSSR count). The molecule has 0 atom stereocenters. The molecule has 0 bridgehead atoms. The fourth-order valence-electron chi connectivity index (χ4n) is 2.10. The number of methoxy groups -OCH3 is 1. The number of ether oxygens (including phenoxy) is 1. The molecule has 0 saturated carbocycles. The maximum Gasteiger partial charge on any atom is 0.162 e. The molecule has 1 heterocycles. The van der Waals surface area contributed by atoms with Crippen molar-refractivity contribution in [3.63, 3.8) is 0 Å². The number of benzene rings is 2. The second kappa shape index (κ2) is 5.69. The highest BCUT2D eigenvalue weighted by molar-refractivity contribution is 6.30. The van der Waals surface area contributed by atoms with Gasteiger partial charge in [-0.25, -0.2) is 9.37 Å². The number of aromatic hydroxyl groups is 1. The molecule has 0 fully saturated rings. The Labute approximate surface area is 131 Å². The van der Waals surface area contributed by atoms with Gasteiger partial charge in [-0.3, -0.25) is 0 Å². The average molecular weight is 319 g/mol. The third-order valence-corrected chi connectivity index (χ3v) is 3.42. The Kier molecular flexibility index (Phi) is 3.73.